The number of aryl methyl sites for hydroxylation is 2. The van der Waals surface area contributed by atoms with E-state index in [-0.39, 0.29) is 21.2 Å². The normalized spacial score (nSPS) is 13.5. The van der Waals surface area contributed by atoms with Crippen molar-refractivity contribution in [3.63, 3.8) is 0 Å². The molecule has 0 spiro atoms. The van der Waals surface area contributed by atoms with Gasteiger partial charge in [0.1, 0.15) is 22.2 Å². The minimum absolute atomic E-state index is 0.0803. The molecule has 0 bridgehead atoms. The van der Waals surface area contributed by atoms with E-state index in [0.717, 1.165) is 39.9 Å². The number of methoxy groups -OCH3 is 1. The van der Waals surface area contributed by atoms with Crippen LogP contribution in [0.3, 0.4) is 0 Å². The number of rotatable bonds is 9. The quantitative estimate of drug-likeness (QED) is 0.218. The van der Waals surface area contributed by atoms with Crippen LogP contribution in [0.5, 0.6) is 5.75 Å². The van der Waals surface area contributed by atoms with Crippen LogP contribution in [0.15, 0.2) is 111 Å². The van der Waals surface area contributed by atoms with Crippen LogP contribution in [-0.4, -0.2) is 27.3 Å². The number of nitrogens with zero attached hydrogens (tertiary/aromatic N) is 1. The zero-order valence-electron chi connectivity index (χ0n) is 22.8. The molecular weight excluding hydrogens is 577 g/mol. The number of thioether (sulfide) groups is 1. The van der Waals surface area contributed by atoms with Crippen molar-refractivity contribution in [2.24, 2.45) is 0 Å². The number of anilines is 3. The lowest BCUT2D eigenvalue weighted by molar-refractivity contribution is -0.120. The molecular formula is C31H26FN3O5S2. The highest BCUT2D eigenvalue weighted by atomic mass is 32.2. The molecule has 4 aromatic carbocycles. The van der Waals surface area contributed by atoms with Gasteiger partial charge in [-0.3, -0.25) is 14.3 Å². The molecule has 1 aliphatic heterocycles. The van der Waals surface area contributed by atoms with Gasteiger partial charge in [0, 0.05) is 16.3 Å². The van der Waals surface area contributed by atoms with Gasteiger partial charge in [0.05, 0.1) is 17.7 Å². The zero-order valence-corrected chi connectivity index (χ0v) is 24.5. The lowest BCUT2D eigenvalue weighted by atomic mass is 10.1. The zero-order chi connectivity index (χ0) is 30.0. The molecule has 2 amide bonds. The van der Waals surface area contributed by atoms with Crippen molar-refractivity contribution in [2.45, 2.75) is 23.6 Å². The molecule has 0 saturated carbocycles. The first-order valence-electron chi connectivity index (χ1n) is 12.7. The van der Waals surface area contributed by atoms with Crippen LogP contribution in [-0.2, 0) is 19.6 Å². The lowest BCUT2D eigenvalue weighted by Crippen LogP contribution is -2.32. The summed E-state index contributed by atoms with van der Waals surface area (Å²) in [5, 5.41) is 3.11. The summed E-state index contributed by atoms with van der Waals surface area (Å²) in [5.74, 6) is -0.873. The second kappa shape index (κ2) is 11.7. The molecule has 5 rings (SSSR count). The van der Waals surface area contributed by atoms with Gasteiger partial charge in [-0.25, -0.2) is 17.7 Å². The molecule has 1 aliphatic rings. The first kappa shape index (κ1) is 28.9. The summed E-state index contributed by atoms with van der Waals surface area (Å²) in [7, 11) is -2.38. The number of ether oxygens (including phenoxy) is 1. The minimum atomic E-state index is -3.93. The van der Waals surface area contributed by atoms with Gasteiger partial charge in [-0.15, -0.1) is 0 Å². The van der Waals surface area contributed by atoms with Gasteiger partial charge in [0.25, 0.3) is 21.8 Å². The number of imide groups is 1. The summed E-state index contributed by atoms with van der Waals surface area (Å²) in [6.45, 7) is 3.86. The smallest absolute Gasteiger partial charge is 0.283 e. The third-order valence-corrected chi connectivity index (χ3v) is 9.09. The molecule has 4 aromatic rings. The van der Waals surface area contributed by atoms with Gasteiger partial charge in [-0.05, 0) is 110 Å². The highest BCUT2D eigenvalue weighted by Gasteiger charge is 2.40. The number of hydrogen-bond donors (Lipinski definition) is 2. The SMILES string of the molecule is COc1ccc(NC2=C(Sc3ccc(NS(=O)(=O)c4ccc(F)cc4)cc3)C(=O)N(c3ccc(C)c(C)c3)C2=O)cc1. The maximum Gasteiger partial charge on any atom is 0.283 e. The predicted molar refractivity (Wildman–Crippen MR) is 162 cm³/mol. The van der Waals surface area contributed by atoms with Gasteiger partial charge in [-0.2, -0.15) is 0 Å². The second-order valence-corrected chi connectivity index (χ2v) is 12.2. The fourth-order valence-corrected chi connectivity index (χ4v) is 6.15. The number of benzene rings is 4. The van der Waals surface area contributed by atoms with Crippen molar-refractivity contribution in [1.82, 2.24) is 0 Å². The summed E-state index contributed by atoms with van der Waals surface area (Å²) in [4.78, 5) is 29.2. The average Bonchev–Trinajstić information content (AvgIpc) is 3.20. The lowest BCUT2D eigenvalue weighted by Gasteiger charge is -2.16. The summed E-state index contributed by atoms with van der Waals surface area (Å²) >= 11 is 1.09. The molecule has 1 heterocycles. The van der Waals surface area contributed by atoms with Crippen LogP contribution in [0.4, 0.5) is 21.5 Å². The van der Waals surface area contributed by atoms with E-state index in [0.29, 0.717) is 22.0 Å². The Kier molecular flexibility index (Phi) is 8.06. The molecule has 42 heavy (non-hydrogen) atoms. The summed E-state index contributed by atoms with van der Waals surface area (Å²) < 4.78 is 46.2. The summed E-state index contributed by atoms with van der Waals surface area (Å²) in [5.41, 5.74) is 3.43. The monoisotopic (exact) mass is 603 g/mol. The van der Waals surface area contributed by atoms with Crippen molar-refractivity contribution in [2.75, 3.05) is 22.0 Å². The Morgan fingerprint density at radius 1 is 0.786 bits per heavy atom. The largest absolute Gasteiger partial charge is 0.497 e. The predicted octanol–water partition coefficient (Wildman–Crippen LogP) is 6.24. The Morgan fingerprint density at radius 3 is 2.05 bits per heavy atom. The van der Waals surface area contributed by atoms with Crippen LogP contribution < -0.4 is 19.7 Å². The Morgan fingerprint density at radius 2 is 1.43 bits per heavy atom. The molecule has 0 aliphatic carbocycles. The number of hydrogen-bond acceptors (Lipinski definition) is 7. The minimum Gasteiger partial charge on any atom is -0.497 e. The first-order chi connectivity index (χ1) is 20.1. The second-order valence-electron chi connectivity index (χ2n) is 9.46. The maximum atomic E-state index is 13.7. The van der Waals surface area contributed by atoms with Crippen molar-refractivity contribution >= 4 is 50.7 Å². The van der Waals surface area contributed by atoms with Gasteiger partial charge in [0.15, 0.2) is 0 Å². The molecule has 11 heteroatoms. The highest BCUT2D eigenvalue weighted by molar-refractivity contribution is 8.04. The molecule has 2 N–H and O–H groups in total. The number of sulfonamides is 1. The fourth-order valence-electron chi connectivity index (χ4n) is 4.17. The third-order valence-electron chi connectivity index (χ3n) is 6.60. The van der Waals surface area contributed by atoms with Gasteiger partial charge < -0.3 is 10.1 Å². The van der Waals surface area contributed by atoms with Crippen LogP contribution >= 0.6 is 11.8 Å². The Labute approximate surface area is 247 Å². The van der Waals surface area contributed by atoms with E-state index in [2.05, 4.69) is 10.0 Å². The highest BCUT2D eigenvalue weighted by Crippen LogP contribution is 2.39. The standard InChI is InChI=1S/C31H26FN3O5S2/c1-19-4-11-24(18-20(19)2)35-30(36)28(33-22-7-12-25(40-3)13-8-22)29(31(35)37)41-26-14-9-23(10-15-26)34-42(38,39)27-16-5-21(32)6-17-27/h4-18,33-34H,1-3H3. The molecule has 0 atom stereocenters. The molecule has 0 fully saturated rings. The summed E-state index contributed by atoms with van der Waals surface area (Å²) in [6, 6.07) is 23.2. The van der Waals surface area contributed by atoms with Crippen molar-refractivity contribution in [3.8, 4) is 5.75 Å². The molecule has 0 unspecified atom stereocenters. The van der Waals surface area contributed by atoms with Crippen molar-refractivity contribution < 1.29 is 27.1 Å². The maximum absolute atomic E-state index is 13.7. The van der Waals surface area contributed by atoms with Crippen LogP contribution in [0, 0.1) is 19.7 Å². The van der Waals surface area contributed by atoms with E-state index in [1.54, 1.807) is 67.8 Å². The van der Waals surface area contributed by atoms with Crippen molar-refractivity contribution in [3.05, 3.63) is 119 Å². The fraction of sp³-hybridized carbons (Fsp3) is 0.0968. The van der Waals surface area contributed by atoms with E-state index >= 15 is 0 Å². The summed E-state index contributed by atoms with van der Waals surface area (Å²) in [6.07, 6.45) is 0. The van der Waals surface area contributed by atoms with Crippen molar-refractivity contribution in [1.29, 1.82) is 0 Å². The Hall–Kier alpha value is -4.61. The third kappa shape index (κ3) is 6.02. The van der Waals surface area contributed by atoms with E-state index in [4.69, 9.17) is 4.74 Å². The van der Waals surface area contributed by atoms with Crippen LogP contribution in [0.25, 0.3) is 0 Å². The van der Waals surface area contributed by atoms with Gasteiger partial charge >= 0.3 is 0 Å². The van der Waals surface area contributed by atoms with Gasteiger partial charge in [0.2, 0.25) is 0 Å². The van der Waals surface area contributed by atoms with Crippen LogP contribution in [0.2, 0.25) is 0 Å². The molecule has 8 nitrogen and oxygen atoms in total. The van der Waals surface area contributed by atoms with E-state index in [1.165, 1.54) is 12.1 Å². The topological polar surface area (TPSA) is 105 Å². The molecule has 214 valence electrons. The number of carbonyl (C=O) groups is 2. The van der Waals surface area contributed by atoms with E-state index < -0.39 is 27.7 Å². The average molecular weight is 604 g/mol. The Balaban J connectivity index is 1.43. The van der Waals surface area contributed by atoms with E-state index in [9.17, 15) is 22.4 Å². The Bertz CT molecular complexity index is 1810. The molecule has 0 aromatic heterocycles. The number of carbonyl (C=O) groups excluding carboxylic acids is 2. The first-order valence-corrected chi connectivity index (χ1v) is 15.0. The number of halogens is 1. The molecule has 0 radical (unpaired) electrons. The number of nitrogens with one attached hydrogen (secondary N) is 2. The number of amides is 2. The molecule has 0 saturated heterocycles. The van der Waals surface area contributed by atoms with E-state index in [1.807, 2.05) is 19.9 Å². The van der Waals surface area contributed by atoms with Crippen LogP contribution in [0.1, 0.15) is 11.1 Å². The van der Waals surface area contributed by atoms with Gasteiger partial charge in [-0.1, -0.05) is 17.8 Å².